The molecule has 6 heteroatoms. The van der Waals surface area contributed by atoms with Gasteiger partial charge in [0, 0.05) is 19.6 Å². The Hall–Kier alpha value is -2.24. The average Bonchev–Trinajstić information content (AvgIpc) is 2.55. The summed E-state index contributed by atoms with van der Waals surface area (Å²) in [4.78, 5) is 24.9. The molecular weight excluding hydrogens is 308 g/mol. The van der Waals surface area contributed by atoms with Crippen LogP contribution in [-0.2, 0) is 11.3 Å². The van der Waals surface area contributed by atoms with Gasteiger partial charge in [-0.25, -0.2) is 4.79 Å². The van der Waals surface area contributed by atoms with Crippen LogP contribution in [0.25, 0.3) is 0 Å². The van der Waals surface area contributed by atoms with Crippen molar-refractivity contribution in [1.82, 2.24) is 10.2 Å². The van der Waals surface area contributed by atoms with Crippen LogP contribution in [0, 0.1) is 12.8 Å². The molecule has 1 aliphatic carbocycles. The molecule has 1 aliphatic rings. The van der Waals surface area contributed by atoms with Gasteiger partial charge < -0.3 is 20.1 Å². The smallest absolute Gasteiger partial charge is 0.317 e. The fraction of sp³-hybridized carbons (Fsp3) is 0.556. The Balaban J connectivity index is 1.84. The number of carboxylic acid groups (broad SMARTS) is 1. The van der Waals surface area contributed by atoms with Crippen LogP contribution in [0.5, 0.6) is 5.75 Å². The van der Waals surface area contributed by atoms with Crippen molar-refractivity contribution in [2.24, 2.45) is 5.92 Å². The number of nitrogens with one attached hydrogen (secondary N) is 1. The van der Waals surface area contributed by atoms with E-state index >= 15 is 0 Å². The summed E-state index contributed by atoms with van der Waals surface area (Å²) in [7, 11) is 3.40. The monoisotopic (exact) mass is 334 g/mol. The van der Waals surface area contributed by atoms with E-state index in [2.05, 4.69) is 5.32 Å². The minimum absolute atomic E-state index is 0.0631. The van der Waals surface area contributed by atoms with E-state index in [0.29, 0.717) is 19.4 Å². The van der Waals surface area contributed by atoms with Crippen molar-refractivity contribution in [1.29, 1.82) is 0 Å². The summed E-state index contributed by atoms with van der Waals surface area (Å²) in [6, 6.07) is 5.81. The lowest BCUT2D eigenvalue weighted by Crippen LogP contribution is -2.44. The molecule has 2 amide bonds. The third-order valence-electron chi connectivity index (χ3n) is 4.63. The highest BCUT2D eigenvalue weighted by molar-refractivity contribution is 5.74. The zero-order valence-corrected chi connectivity index (χ0v) is 14.5. The number of rotatable bonds is 5. The van der Waals surface area contributed by atoms with Gasteiger partial charge in [0.15, 0.2) is 0 Å². The summed E-state index contributed by atoms with van der Waals surface area (Å²) < 4.78 is 5.24. The molecule has 132 valence electrons. The number of nitrogens with zero attached hydrogens (tertiary/aromatic N) is 1. The molecule has 0 atom stereocenters. The van der Waals surface area contributed by atoms with Crippen LogP contribution in [0.15, 0.2) is 18.2 Å². The summed E-state index contributed by atoms with van der Waals surface area (Å²) in [5, 5.41) is 12.0. The maximum absolute atomic E-state index is 12.3. The van der Waals surface area contributed by atoms with Gasteiger partial charge in [-0.2, -0.15) is 0 Å². The number of urea groups is 1. The number of ether oxygens (including phenoxy) is 1. The Morgan fingerprint density at radius 3 is 2.50 bits per heavy atom. The molecule has 0 unspecified atom stereocenters. The standard InChI is InChI=1S/C18H26N2O4/c1-12-10-13(4-9-16(12)24-3)11-20(2)18(23)19-15-7-5-14(6-8-15)17(21)22/h4,9-10,14-15H,5-8,11H2,1-3H3,(H,19,23)(H,21,22). The van der Waals surface area contributed by atoms with Crippen molar-refractivity contribution in [2.75, 3.05) is 14.2 Å². The predicted octanol–water partition coefficient (Wildman–Crippen LogP) is 2.79. The quantitative estimate of drug-likeness (QED) is 0.868. The number of benzene rings is 1. The first kappa shape index (κ1) is 18.1. The average molecular weight is 334 g/mol. The number of hydrogen-bond acceptors (Lipinski definition) is 3. The molecule has 1 aromatic rings. The van der Waals surface area contributed by atoms with Crippen LogP contribution in [0.4, 0.5) is 4.79 Å². The summed E-state index contributed by atoms with van der Waals surface area (Å²) in [6.45, 7) is 2.49. The van der Waals surface area contributed by atoms with E-state index in [4.69, 9.17) is 9.84 Å². The molecule has 0 spiro atoms. The topological polar surface area (TPSA) is 78.9 Å². The number of hydrogen-bond donors (Lipinski definition) is 2. The third-order valence-corrected chi connectivity index (χ3v) is 4.63. The predicted molar refractivity (Wildman–Crippen MR) is 91.1 cm³/mol. The van der Waals surface area contributed by atoms with E-state index in [1.165, 1.54) is 0 Å². The highest BCUT2D eigenvalue weighted by atomic mass is 16.5. The van der Waals surface area contributed by atoms with E-state index in [1.54, 1.807) is 19.1 Å². The normalized spacial score (nSPS) is 20.3. The van der Waals surface area contributed by atoms with Gasteiger partial charge in [0.05, 0.1) is 13.0 Å². The number of aryl methyl sites for hydroxylation is 1. The lowest BCUT2D eigenvalue weighted by Gasteiger charge is -2.29. The van der Waals surface area contributed by atoms with Crippen molar-refractivity contribution in [2.45, 2.75) is 45.2 Å². The van der Waals surface area contributed by atoms with Gasteiger partial charge in [-0.15, -0.1) is 0 Å². The maximum Gasteiger partial charge on any atom is 0.317 e. The Kier molecular flexibility index (Phi) is 6.06. The highest BCUT2D eigenvalue weighted by Gasteiger charge is 2.27. The number of carbonyl (C=O) groups excluding carboxylic acids is 1. The van der Waals surface area contributed by atoms with E-state index < -0.39 is 5.97 Å². The van der Waals surface area contributed by atoms with Crippen LogP contribution in [-0.4, -0.2) is 42.2 Å². The fourth-order valence-corrected chi connectivity index (χ4v) is 3.15. The van der Waals surface area contributed by atoms with Crippen molar-refractivity contribution in [3.05, 3.63) is 29.3 Å². The SMILES string of the molecule is COc1ccc(CN(C)C(=O)NC2CCC(C(=O)O)CC2)cc1C. The second-order valence-corrected chi connectivity index (χ2v) is 6.50. The minimum atomic E-state index is -0.730. The maximum atomic E-state index is 12.3. The largest absolute Gasteiger partial charge is 0.496 e. The summed E-state index contributed by atoms with van der Waals surface area (Å²) in [5.41, 5.74) is 2.08. The van der Waals surface area contributed by atoms with Crippen LogP contribution in [0.1, 0.15) is 36.8 Å². The first-order valence-electron chi connectivity index (χ1n) is 8.28. The van der Waals surface area contributed by atoms with E-state index in [9.17, 15) is 9.59 Å². The molecule has 1 saturated carbocycles. The Morgan fingerprint density at radius 1 is 1.29 bits per heavy atom. The minimum Gasteiger partial charge on any atom is -0.496 e. The lowest BCUT2D eigenvalue weighted by molar-refractivity contribution is -0.142. The second kappa shape index (κ2) is 8.04. The Bertz CT molecular complexity index is 595. The molecule has 1 aromatic carbocycles. The molecule has 1 fully saturated rings. The molecular formula is C18H26N2O4. The Morgan fingerprint density at radius 2 is 1.96 bits per heavy atom. The van der Waals surface area contributed by atoms with Crippen LogP contribution < -0.4 is 10.1 Å². The van der Waals surface area contributed by atoms with Crippen LogP contribution >= 0.6 is 0 Å². The molecule has 0 heterocycles. The zero-order chi connectivity index (χ0) is 17.7. The molecule has 0 aromatic heterocycles. The van der Waals surface area contributed by atoms with Gasteiger partial charge in [0.2, 0.25) is 0 Å². The van der Waals surface area contributed by atoms with Crippen LogP contribution in [0.2, 0.25) is 0 Å². The molecule has 0 saturated heterocycles. The molecule has 2 N–H and O–H groups in total. The number of methoxy groups -OCH3 is 1. The van der Waals surface area contributed by atoms with Crippen molar-refractivity contribution in [3.63, 3.8) is 0 Å². The summed E-state index contributed by atoms with van der Waals surface area (Å²) >= 11 is 0. The second-order valence-electron chi connectivity index (χ2n) is 6.50. The van der Waals surface area contributed by atoms with Crippen molar-refractivity contribution < 1.29 is 19.4 Å². The molecule has 0 bridgehead atoms. The zero-order valence-electron chi connectivity index (χ0n) is 14.5. The van der Waals surface area contributed by atoms with Crippen LogP contribution in [0.3, 0.4) is 0 Å². The molecule has 24 heavy (non-hydrogen) atoms. The van der Waals surface area contributed by atoms with E-state index in [1.807, 2.05) is 25.1 Å². The van der Waals surface area contributed by atoms with Gasteiger partial charge in [-0.05, 0) is 49.8 Å². The van der Waals surface area contributed by atoms with E-state index in [-0.39, 0.29) is 18.0 Å². The summed E-state index contributed by atoms with van der Waals surface area (Å²) in [6.07, 6.45) is 2.69. The first-order chi connectivity index (χ1) is 11.4. The summed E-state index contributed by atoms with van der Waals surface area (Å²) in [5.74, 6) is -0.161. The van der Waals surface area contributed by atoms with Gasteiger partial charge in [0.1, 0.15) is 5.75 Å². The lowest BCUT2D eigenvalue weighted by atomic mass is 9.86. The van der Waals surface area contributed by atoms with Crippen molar-refractivity contribution in [3.8, 4) is 5.75 Å². The first-order valence-corrected chi connectivity index (χ1v) is 8.28. The fourth-order valence-electron chi connectivity index (χ4n) is 3.15. The van der Waals surface area contributed by atoms with Gasteiger partial charge in [-0.3, -0.25) is 4.79 Å². The third kappa shape index (κ3) is 4.63. The van der Waals surface area contributed by atoms with Crippen molar-refractivity contribution >= 4 is 12.0 Å². The molecule has 2 rings (SSSR count). The number of amides is 2. The van der Waals surface area contributed by atoms with E-state index in [0.717, 1.165) is 29.7 Å². The highest BCUT2D eigenvalue weighted by Crippen LogP contribution is 2.24. The van der Waals surface area contributed by atoms with Gasteiger partial charge in [-0.1, -0.05) is 12.1 Å². The molecule has 0 aliphatic heterocycles. The number of carboxylic acids is 1. The molecule has 0 radical (unpaired) electrons. The Labute approximate surface area is 142 Å². The number of aliphatic carboxylic acids is 1. The molecule has 6 nitrogen and oxygen atoms in total. The number of carbonyl (C=O) groups is 2. The van der Waals surface area contributed by atoms with Gasteiger partial charge in [0.25, 0.3) is 0 Å². The van der Waals surface area contributed by atoms with Gasteiger partial charge >= 0.3 is 12.0 Å².